The molecule has 3 unspecified atom stereocenters. The molecule has 0 aromatic rings. The van der Waals surface area contributed by atoms with E-state index in [2.05, 4.69) is 68.6 Å². The van der Waals surface area contributed by atoms with Crippen molar-refractivity contribution in [2.24, 2.45) is 0 Å². The maximum Gasteiger partial charge on any atom is 0.306 e. The van der Waals surface area contributed by atoms with Crippen LogP contribution >= 0.6 is 0 Å². The number of hydrogen-bond donors (Lipinski definition) is 3. The maximum absolute atomic E-state index is 13.2. The van der Waals surface area contributed by atoms with Gasteiger partial charge in [-0.1, -0.05) is 260 Å². The lowest BCUT2D eigenvalue weighted by molar-refractivity contribution is -0.150. The van der Waals surface area contributed by atoms with Crippen LogP contribution in [0.4, 0.5) is 0 Å². The van der Waals surface area contributed by atoms with E-state index in [1.54, 1.807) is 0 Å². The second kappa shape index (κ2) is 52.0. The quantitative estimate of drug-likeness (QED) is 0.0245. The van der Waals surface area contributed by atoms with Gasteiger partial charge < -0.3 is 20.3 Å². The van der Waals surface area contributed by atoms with Crippen LogP contribution in [0.3, 0.4) is 0 Å². The van der Waals surface area contributed by atoms with E-state index >= 15 is 0 Å². The predicted molar refractivity (Wildman–Crippen MR) is 282 cm³/mol. The molecule has 0 radical (unpaired) electrons. The van der Waals surface area contributed by atoms with Gasteiger partial charge in [0.2, 0.25) is 5.91 Å². The average Bonchev–Trinajstić information content (AvgIpc) is 3.30. The molecule has 0 fully saturated rings. The summed E-state index contributed by atoms with van der Waals surface area (Å²) in [5.74, 6) is -0.598. The van der Waals surface area contributed by atoms with Gasteiger partial charge in [0.15, 0.2) is 0 Å². The van der Waals surface area contributed by atoms with Gasteiger partial charge in [-0.2, -0.15) is 0 Å². The van der Waals surface area contributed by atoms with Gasteiger partial charge in [-0.3, -0.25) is 9.59 Å². The minimum absolute atomic E-state index is 0.0236. The van der Waals surface area contributed by atoms with Crippen LogP contribution in [0.15, 0.2) is 85.1 Å². The van der Waals surface area contributed by atoms with Crippen LogP contribution in [0.25, 0.3) is 0 Å². The third-order valence-corrected chi connectivity index (χ3v) is 12.1. The summed E-state index contributed by atoms with van der Waals surface area (Å²) < 4.78 is 5.88. The Hall–Kier alpha value is -2.96. The molecule has 0 aromatic carbocycles. The fourth-order valence-corrected chi connectivity index (χ4v) is 7.93. The van der Waals surface area contributed by atoms with Crippen molar-refractivity contribution in [2.45, 2.75) is 270 Å². The van der Waals surface area contributed by atoms with E-state index in [1.165, 1.54) is 135 Å². The Morgan fingerprint density at radius 1 is 0.462 bits per heavy atom. The van der Waals surface area contributed by atoms with Gasteiger partial charge in [-0.25, -0.2) is 0 Å². The molecule has 3 N–H and O–H groups in total. The smallest absolute Gasteiger partial charge is 0.306 e. The zero-order valence-corrected chi connectivity index (χ0v) is 42.6. The Morgan fingerprint density at radius 2 is 0.877 bits per heavy atom. The normalized spacial score (nSPS) is 13.9. The molecular formula is C59H103NO5. The van der Waals surface area contributed by atoms with E-state index in [-0.39, 0.29) is 31.3 Å². The van der Waals surface area contributed by atoms with Crippen molar-refractivity contribution in [3.05, 3.63) is 85.1 Å². The molecule has 0 aliphatic rings. The van der Waals surface area contributed by atoms with Gasteiger partial charge in [0.1, 0.15) is 6.10 Å². The number of rotatable bonds is 48. The zero-order valence-electron chi connectivity index (χ0n) is 42.6. The molecule has 0 bridgehead atoms. The first-order chi connectivity index (χ1) is 32.0. The number of aliphatic hydroxyl groups is 2. The van der Waals surface area contributed by atoms with Crippen molar-refractivity contribution in [3.8, 4) is 0 Å². The number of carbonyl (C=O) groups is 2. The molecule has 0 spiro atoms. The summed E-state index contributed by atoms with van der Waals surface area (Å²) in [6.45, 7) is 6.37. The van der Waals surface area contributed by atoms with Crippen molar-refractivity contribution in [1.29, 1.82) is 0 Å². The van der Waals surface area contributed by atoms with Crippen molar-refractivity contribution in [3.63, 3.8) is 0 Å². The van der Waals surface area contributed by atoms with Crippen LogP contribution in [-0.4, -0.2) is 46.9 Å². The first kappa shape index (κ1) is 62.0. The van der Waals surface area contributed by atoms with Gasteiger partial charge >= 0.3 is 5.97 Å². The van der Waals surface area contributed by atoms with Crippen LogP contribution < -0.4 is 5.32 Å². The van der Waals surface area contributed by atoms with E-state index < -0.39 is 18.2 Å². The molecule has 0 saturated carbocycles. The SMILES string of the molecule is CCC/C=C/C=C/C=C/C=C/C=C/CCCCCC(CC(=O)NC(CO)C(O)CCCCCCCCCCCCCCCCCCC)OC(=O)CC/C=C/C/C=C\CCCCCCCC. The van der Waals surface area contributed by atoms with Crippen molar-refractivity contribution < 1.29 is 24.5 Å². The van der Waals surface area contributed by atoms with Crippen molar-refractivity contribution >= 4 is 11.9 Å². The second-order valence-corrected chi connectivity index (χ2v) is 18.4. The fraction of sp³-hybridized carbons (Fsp3) is 0.729. The Bertz CT molecular complexity index is 1250. The van der Waals surface area contributed by atoms with E-state index in [0.717, 1.165) is 64.2 Å². The Morgan fingerprint density at radius 3 is 1.38 bits per heavy atom. The number of aliphatic hydroxyl groups excluding tert-OH is 2. The summed E-state index contributed by atoms with van der Waals surface area (Å²) in [7, 11) is 0. The molecule has 1 amide bonds. The zero-order chi connectivity index (χ0) is 47.4. The maximum atomic E-state index is 13.2. The number of unbranched alkanes of at least 4 members (excludes halogenated alkanes) is 26. The van der Waals surface area contributed by atoms with Crippen molar-refractivity contribution in [1.82, 2.24) is 5.32 Å². The van der Waals surface area contributed by atoms with Crippen LogP contribution in [0.2, 0.25) is 0 Å². The fourth-order valence-electron chi connectivity index (χ4n) is 7.93. The summed E-state index contributed by atoms with van der Waals surface area (Å²) in [6.07, 6.45) is 67.9. The third-order valence-electron chi connectivity index (χ3n) is 12.1. The van der Waals surface area contributed by atoms with Gasteiger partial charge in [0.25, 0.3) is 0 Å². The highest BCUT2D eigenvalue weighted by Crippen LogP contribution is 2.17. The van der Waals surface area contributed by atoms with Gasteiger partial charge in [0, 0.05) is 6.42 Å². The average molecular weight is 906 g/mol. The standard InChI is InChI=1S/C59H103NO5/c1-4-7-10-13-16-19-22-25-27-29-31-34-36-39-42-45-48-51-57(62)56(54-61)60-58(63)53-55(50-47-44-41-38-35-33-30-28-26-23-20-17-14-11-8-5-2)65-59(64)52-49-46-43-40-37-32-24-21-18-15-12-9-6-3/h11,14,17,20,23,26,28,30,32-33,35,37,43,46,55-57,61-62H,4-10,12-13,15-16,18-19,21-22,24-25,27,29,31,34,36,38-42,44-45,47-54H2,1-3H3,(H,60,63)/b14-11+,20-17+,26-23+,30-28+,35-33+,37-32-,46-43+. The first-order valence-electron chi connectivity index (χ1n) is 27.4. The van der Waals surface area contributed by atoms with Crippen LogP contribution in [0.5, 0.6) is 0 Å². The Kier molecular flexibility index (Phi) is 49.6. The largest absolute Gasteiger partial charge is 0.462 e. The van der Waals surface area contributed by atoms with E-state index in [0.29, 0.717) is 19.3 Å². The minimum atomic E-state index is -0.813. The Balaban J connectivity index is 4.69. The molecule has 0 heterocycles. The Labute approximate surface area is 402 Å². The monoisotopic (exact) mass is 906 g/mol. The number of hydrogen-bond acceptors (Lipinski definition) is 5. The van der Waals surface area contributed by atoms with Crippen LogP contribution in [-0.2, 0) is 14.3 Å². The number of nitrogens with one attached hydrogen (secondary N) is 1. The van der Waals surface area contributed by atoms with Gasteiger partial charge in [-0.05, 0) is 64.2 Å². The van der Waals surface area contributed by atoms with E-state index in [4.69, 9.17) is 4.74 Å². The lowest BCUT2D eigenvalue weighted by atomic mass is 10.0. The molecule has 374 valence electrons. The molecule has 0 aliphatic heterocycles. The highest BCUT2D eigenvalue weighted by Gasteiger charge is 2.24. The van der Waals surface area contributed by atoms with E-state index in [1.807, 2.05) is 42.5 Å². The highest BCUT2D eigenvalue weighted by atomic mass is 16.5. The highest BCUT2D eigenvalue weighted by molar-refractivity contribution is 5.77. The molecule has 65 heavy (non-hydrogen) atoms. The number of amides is 1. The molecule has 0 aromatic heterocycles. The second-order valence-electron chi connectivity index (χ2n) is 18.4. The van der Waals surface area contributed by atoms with Crippen LogP contribution in [0.1, 0.15) is 252 Å². The molecule has 0 saturated heterocycles. The van der Waals surface area contributed by atoms with Crippen molar-refractivity contribution in [2.75, 3.05) is 6.61 Å². The predicted octanol–water partition coefficient (Wildman–Crippen LogP) is 16.7. The van der Waals surface area contributed by atoms with Crippen LogP contribution in [0, 0.1) is 0 Å². The molecule has 0 aliphatic carbocycles. The molecular weight excluding hydrogens is 803 g/mol. The topological polar surface area (TPSA) is 95.9 Å². The number of carbonyl (C=O) groups excluding carboxylic acids is 2. The summed E-state index contributed by atoms with van der Waals surface area (Å²) in [4.78, 5) is 26.2. The summed E-state index contributed by atoms with van der Waals surface area (Å²) in [5, 5.41) is 23.8. The molecule has 0 rings (SSSR count). The molecule has 6 nitrogen and oxygen atoms in total. The third kappa shape index (κ3) is 47.3. The van der Waals surface area contributed by atoms with E-state index in [9.17, 15) is 19.8 Å². The summed E-state index contributed by atoms with van der Waals surface area (Å²) in [5.41, 5.74) is 0. The molecule has 6 heteroatoms. The molecule has 3 atom stereocenters. The summed E-state index contributed by atoms with van der Waals surface area (Å²) in [6, 6.07) is -0.731. The number of esters is 1. The number of ether oxygens (including phenoxy) is 1. The lowest BCUT2D eigenvalue weighted by Gasteiger charge is -2.24. The first-order valence-corrected chi connectivity index (χ1v) is 27.4. The van der Waals surface area contributed by atoms with Gasteiger partial charge in [0.05, 0.1) is 25.2 Å². The summed E-state index contributed by atoms with van der Waals surface area (Å²) >= 11 is 0. The lowest BCUT2D eigenvalue weighted by Crippen LogP contribution is -2.46. The number of allylic oxidation sites excluding steroid dienone is 14. The van der Waals surface area contributed by atoms with Gasteiger partial charge in [-0.15, -0.1) is 0 Å². The minimum Gasteiger partial charge on any atom is -0.462 e.